The summed E-state index contributed by atoms with van der Waals surface area (Å²) in [6, 6.07) is 11.1. The minimum Gasteiger partial charge on any atom is -0.497 e. The number of amides is 1. The van der Waals surface area contributed by atoms with Gasteiger partial charge in [0.1, 0.15) is 18.1 Å². The van der Waals surface area contributed by atoms with Crippen molar-refractivity contribution in [3.05, 3.63) is 74.6 Å². The van der Waals surface area contributed by atoms with Gasteiger partial charge in [0.05, 0.1) is 18.1 Å². The number of rotatable bonds is 6. The molecule has 27 heavy (non-hydrogen) atoms. The highest BCUT2D eigenvalue weighted by molar-refractivity contribution is 5.80. The van der Waals surface area contributed by atoms with Crippen molar-refractivity contribution in [2.45, 2.75) is 13.0 Å². The predicted molar refractivity (Wildman–Crippen MR) is 98.5 cm³/mol. The van der Waals surface area contributed by atoms with Gasteiger partial charge in [0.25, 0.3) is 0 Å². The van der Waals surface area contributed by atoms with Crippen LogP contribution in [-0.2, 0) is 17.8 Å². The molecule has 0 unspecified atom stereocenters. The number of methoxy groups -OCH3 is 1. The van der Waals surface area contributed by atoms with Crippen LogP contribution in [0.3, 0.4) is 0 Å². The first-order chi connectivity index (χ1) is 13.0. The van der Waals surface area contributed by atoms with Gasteiger partial charge >= 0.3 is 11.1 Å². The zero-order valence-electron chi connectivity index (χ0n) is 14.6. The summed E-state index contributed by atoms with van der Waals surface area (Å²) in [4.78, 5) is 38.4. The number of halogens is 1. The lowest BCUT2D eigenvalue weighted by atomic mass is 10.1. The number of nitrogens with one attached hydrogen (secondary N) is 2. The van der Waals surface area contributed by atoms with Crippen LogP contribution in [0.5, 0.6) is 5.75 Å². The van der Waals surface area contributed by atoms with Gasteiger partial charge in [-0.15, -0.1) is 0 Å². The van der Waals surface area contributed by atoms with Crippen molar-refractivity contribution in [2.75, 3.05) is 13.7 Å². The summed E-state index contributed by atoms with van der Waals surface area (Å²) >= 11 is 0. The molecule has 140 valence electrons. The van der Waals surface area contributed by atoms with Crippen molar-refractivity contribution in [1.82, 2.24) is 14.9 Å². The van der Waals surface area contributed by atoms with Gasteiger partial charge in [0.2, 0.25) is 5.91 Å². The lowest BCUT2D eigenvalue weighted by molar-refractivity contribution is -0.121. The van der Waals surface area contributed by atoms with E-state index in [0.717, 1.165) is 28.0 Å². The van der Waals surface area contributed by atoms with Crippen molar-refractivity contribution in [1.29, 1.82) is 0 Å². The Morgan fingerprint density at radius 1 is 1.19 bits per heavy atom. The van der Waals surface area contributed by atoms with E-state index in [1.165, 1.54) is 6.07 Å². The molecule has 2 N–H and O–H groups in total. The lowest BCUT2D eigenvalue weighted by Gasteiger charge is -2.10. The first kappa shape index (κ1) is 18.4. The fourth-order valence-corrected chi connectivity index (χ4v) is 2.75. The molecule has 1 heterocycles. The average molecular weight is 371 g/mol. The van der Waals surface area contributed by atoms with Gasteiger partial charge in [-0.05, 0) is 42.3 Å². The average Bonchev–Trinajstić information content (AvgIpc) is 2.66. The maximum atomic E-state index is 13.3. The summed E-state index contributed by atoms with van der Waals surface area (Å²) in [7, 11) is 1.59. The van der Waals surface area contributed by atoms with Gasteiger partial charge in [-0.2, -0.15) is 0 Å². The Morgan fingerprint density at radius 3 is 2.63 bits per heavy atom. The van der Waals surface area contributed by atoms with Crippen LogP contribution in [0.1, 0.15) is 5.56 Å². The van der Waals surface area contributed by atoms with E-state index < -0.39 is 22.8 Å². The van der Waals surface area contributed by atoms with Crippen LogP contribution in [0.25, 0.3) is 11.0 Å². The van der Waals surface area contributed by atoms with Crippen molar-refractivity contribution >= 4 is 16.9 Å². The summed E-state index contributed by atoms with van der Waals surface area (Å²) in [6.07, 6.45) is 0.603. The minimum absolute atomic E-state index is 0.158. The highest BCUT2D eigenvalue weighted by Gasteiger charge is 2.12. The number of aromatic amines is 1. The molecule has 0 aliphatic carbocycles. The van der Waals surface area contributed by atoms with Crippen molar-refractivity contribution < 1.29 is 13.9 Å². The molecule has 0 aliphatic heterocycles. The number of fused-ring (bicyclic) bond motifs is 1. The number of ether oxygens (including phenoxy) is 1. The molecule has 0 bridgehead atoms. The molecule has 2 aromatic carbocycles. The Hall–Kier alpha value is -3.42. The molecule has 7 nitrogen and oxygen atoms in total. The van der Waals surface area contributed by atoms with Crippen molar-refractivity contribution in [2.24, 2.45) is 0 Å². The summed E-state index contributed by atoms with van der Waals surface area (Å²) in [5, 5.41) is 2.71. The normalized spacial score (nSPS) is 10.7. The van der Waals surface area contributed by atoms with Gasteiger partial charge in [-0.1, -0.05) is 12.1 Å². The second-order valence-electron chi connectivity index (χ2n) is 5.95. The largest absolute Gasteiger partial charge is 0.497 e. The number of H-pyrrole nitrogens is 1. The Kier molecular flexibility index (Phi) is 5.35. The van der Waals surface area contributed by atoms with Crippen LogP contribution in [-0.4, -0.2) is 29.1 Å². The minimum atomic E-state index is -0.904. The number of benzene rings is 2. The monoisotopic (exact) mass is 371 g/mol. The summed E-state index contributed by atoms with van der Waals surface area (Å²) in [5.74, 6) is -0.214. The van der Waals surface area contributed by atoms with Crippen LogP contribution in [0.2, 0.25) is 0 Å². The third kappa shape index (κ3) is 4.22. The highest BCUT2D eigenvalue weighted by atomic mass is 19.1. The summed E-state index contributed by atoms with van der Waals surface area (Å²) in [6.45, 7) is 0.0448. The number of nitrogens with zero attached hydrogens (tertiary/aromatic N) is 1. The molecule has 3 rings (SSSR count). The predicted octanol–water partition coefficient (Wildman–Crippen LogP) is 1.20. The van der Waals surface area contributed by atoms with E-state index >= 15 is 0 Å². The fraction of sp³-hybridized carbons (Fsp3) is 0.211. The molecule has 0 atom stereocenters. The molecule has 0 saturated carbocycles. The second-order valence-corrected chi connectivity index (χ2v) is 5.95. The second kappa shape index (κ2) is 7.86. The number of carbonyl (C=O) groups is 1. The number of hydrogen-bond acceptors (Lipinski definition) is 4. The molecule has 0 saturated heterocycles. The van der Waals surface area contributed by atoms with Crippen LogP contribution >= 0.6 is 0 Å². The molecule has 0 spiro atoms. The third-order valence-electron chi connectivity index (χ3n) is 4.13. The Balaban J connectivity index is 1.69. The topological polar surface area (TPSA) is 93.2 Å². The van der Waals surface area contributed by atoms with Gasteiger partial charge in [-0.3, -0.25) is 19.0 Å². The molecule has 0 fully saturated rings. The van der Waals surface area contributed by atoms with E-state index in [9.17, 15) is 18.8 Å². The van der Waals surface area contributed by atoms with Gasteiger partial charge in [0.15, 0.2) is 0 Å². The molecular formula is C19H18FN3O4. The molecule has 0 radical (unpaired) electrons. The van der Waals surface area contributed by atoms with E-state index in [1.54, 1.807) is 7.11 Å². The van der Waals surface area contributed by atoms with E-state index in [0.29, 0.717) is 13.0 Å². The standard InChI is InChI=1S/C19H18FN3O4/c1-27-14-5-2-12(3-6-14)8-9-21-17(24)11-23-16-7-4-13(20)10-15(16)22-18(25)19(23)26/h2-7,10H,8-9,11H2,1H3,(H,21,24)(H,22,25). The van der Waals surface area contributed by atoms with E-state index in [2.05, 4.69) is 10.3 Å². The molecule has 8 heteroatoms. The first-order valence-corrected chi connectivity index (χ1v) is 8.30. The maximum Gasteiger partial charge on any atom is 0.317 e. The van der Waals surface area contributed by atoms with E-state index in [-0.39, 0.29) is 17.6 Å². The van der Waals surface area contributed by atoms with Crippen molar-refractivity contribution in [3.8, 4) is 5.75 Å². The van der Waals surface area contributed by atoms with Crippen molar-refractivity contribution in [3.63, 3.8) is 0 Å². The Bertz CT molecular complexity index is 1090. The van der Waals surface area contributed by atoms with E-state index in [4.69, 9.17) is 4.74 Å². The van der Waals surface area contributed by atoms with Crippen LogP contribution in [0.4, 0.5) is 4.39 Å². The Labute approximate surface area is 153 Å². The molecule has 3 aromatic rings. The lowest BCUT2D eigenvalue weighted by Crippen LogP contribution is -2.40. The SMILES string of the molecule is COc1ccc(CCNC(=O)Cn2c(=O)c(=O)[nH]c3cc(F)ccc32)cc1. The molecule has 0 aliphatic rings. The summed E-state index contributed by atoms with van der Waals surface area (Å²) in [5.41, 5.74) is -0.305. The van der Waals surface area contributed by atoms with Crippen LogP contribution in [0.15, 0.2) is 52.1 Å². The van der Waals surface area contributed by atoms with Gasteiger partial charge < -0.3 is 15.0 Å². The number of aromatic nitrogens is 2. The Morgan fingerprint density at radius 2 is 1.93 bits per heavy atom. The third-order valence-corrected chi connectivity index (χ3v) is 4.13. The summed E-state index contributed by atoms with van der Waals surface area (Å²) < 4.78 is 19.5. The van der Waals surface area contributed by atoms with Gasteiger partial charge in [-0.25, -0.2) is 4.39 Å². The zero-order valence-corrected chi connectivity index (χ0v) is 14.6. The zero-order chi connectivity index (χ0) is 19.4. The van der Waals surface area contributed by atoms with Crippen LogP contribution in [0, 0.1) is 5.82 Å². The number of carbonyl (C=O) groups excluding carboxylic acids is 1. The van der Waals surface area contributed by atoms with Crippen LogP contribution < -0.4 is 21.2 Å². The quantitative estimate of drug-likeness (QED) is 0.637. The fourth-order valence-electron chi connectivity index (χ4n) is 2.75. The molecule has 1 amide bonds. The smallest absolute Gasteiger partial charge is 0.317 e. The first-order valence-electron chi connectivity index (χ1n) is 8.30. The highest BCUT2D eigenvalue weighted by Crippen LogP contribution is 2.12. The van der Waals surface area contributed by atoms with E-state index in [1.807, 2.05) is 24.3 Å². The maximum absolute atomic E-state index is 13.3. The number of hydrogen-bond donors (Lipinski definition) is 2. The molecule has 1 aromatic heterocycles. The molecular weight excluding hydrogens is 353 g/mol. The van der Waals surface area contributed by atoms with Gasteiger partial charge in [0, 0.05) is 6.54 Å².